The molecule has 2 rings (SSSR count). The minimum atomic E-state index is -0.467. The summed E-state index contributed by atoms with van der Waals surface area (Å²) in [7, 11) is 0. The van der Waals surface area contributed by atoms with Crippen LogP contribution in [0.2, 0.25) is 0 Å². The van der Waals surface area contributed by atoms with Gasteiger partial charge in [-0.25, -0.2) is 0 Å². The van der Waals surface area contributed by atoms with E-state index in [0.29, 0.717) is 44.9 Å². The van der Waals surface area contributed by atoms with Crippen molar-refractivity contribution in [1.82, 2.24) is 0 Å². The summed E-state index contributed by atoms with van der Waals surface area (Å²) in [5, 5.41) is 12.0. The lowest BCUT2D eigenvalue weighted by atomic mass is 9.73. The summed E-state index contributed by atoms with van der Waals surface area (Å²) in [6.45, 7) is 10.2. The Morgan fingerprint density at radius 2 is 1.90 bits per heavy atom. The highest BCUT2D eigenvalue weighted by Gasteiger charge is 2.35. The SMILES string of the molecule is CCOC(=O)CC(CC)(CC)c1ccc(N(CC)C2CCOCC2)c([N+](=O)[O-])c1. The van der Waals surface area contributed by atoms with Gasteiger partial charge in [0.25, 0.3) is 5.69 Å². The second-order valence-electron chi connectivity index (χ2n) is 7.56. The topological polar surface area (TPSA) is 81.9 Å². The van der Waals surface area contributed by atoms with Crippen LogP contribution >= 0.6 is 0 Å². The van der Waals surface area contributed by atoms with Gasteiger partial charge in [-0.15, -0.1) is 0 Å². The van der Waals surface area contributed by atoms with E-state index >= 15 is 0 Å². The van der Waals surface area contributed by atoms with Gasteiger partial charge in [0.1, 0.15) is 5.69 Å². The normalized spacial score (nSPS) is 15.2. The molecule has 0 atom stereocenters. The van der Waals surface area contributed by atoms with Crippen LogP contribution < -0.4 is 4.90 Å². The van der Waals surface area contributed by atoms with Crippen LogP contribution in [-0.2, 0) is 19.7 Å². The number of benzene rings is 1. The molecule has 1 aromatic rings. The van der Waals surface area contributed by atoms with E-state index in [0.717, 1.165) is 18.4 Å². The number of esters is 1. The Kier molecular flexibility index (Phi) is 8.44. The van der Waals surface area contributed by atoms with Gasteiger partial charge in [0.15, 0.2) is 0 Å². The number of rotatable bonds is 10. The molecule has 1 saturated heterocycles. The Morgan fingerprint density at radius 3 is 2.41 bits per heavy atom. The van der Waals surface area contributed by atoms with Gasteiger partial charge in [-0.1, -0.05) is 19.9 Å². The van der Waals surface area contributed by atoms with E-state index < -0.39 is 5.41 Å². The number of anilines is 1. The first-order valence-corrected chi connectivity index (χ1v) is 10.7. The predicted molar refractivity (Wildman–Crippen MR) is 113 cm³/mol. The molecular formula is C22H34N2O5. The van der Waals surface area contributed by atoms with Gasteiger partial charge in [-0.3, -0.25) is 14.9 Å². The lowest BCUT2D eigenvalue weighted by Crippen LogP contribution is -2.39. The van der Waals surface area contributed by atoms with Crippen LogP contribution in [-0.4, -0.2) is 43.3 Å². The van der Waals surface area contributed by atoms with Crippen LogP contribution in [0.4, 0.5) is 11.4 Å². The van der Waals surface area contributed by atoms with E-state index in [1.165, 1.54) is 0 Å². The molecule has 0 spiro atoms. The largest absolute Gasteiger partial charge is 0.466 e. The van der Waals surface area contributed by atoms with E-state index in [1.807, 2.05) is 32.9 Å². The smallest absolute Gasteiger partial charge is 0.306 e. The summed E-state index contributed by atoms with van der Waals surface area (Å²) in [6.07, 6.45) is 3.36. The quantitative estimate of drug-likeness (QED) is 0.321. The molecule has 7 nitrogen and oxygen atoms in total. The highest BCUT2D eigenvalue weighted by atomic mass is 16.6. The van der Waals surface area contributed by atoms with Crippen LogP contribution in [0, 0.1) is 10.1 Å². The Bertz CT molecular complexity index is 696. The van der Waals surface area contributed by atoms with Gasteiger partial charge < -0.3 is 14.4 Å². The van der Waals surface area contributed by atoms with E-state index in [2.05, 4.69) is 4.90 Å². The summed E-state index contributed by atoms with van der Waals surface area (Å²) in [5.41, 5.74) is 1.11. The van der Waals surface area contributed by atoms with Crippen molar-refractivity contribution < 1.29 is 19.2 Å². The van der Waals surface area contributed by atoms with Crippen LogP contribution in [0.15, 0.2) is 18.2 Å². The van der Waals surface area contributed by atoms with Gasteiger partial charge in [0.05, 0.1) is 18.0 Å². The fraction of sp³-hybridized carbons (Fsp3) is 0.682. The molecule has 1 heterocycles. The van der Waals surface area contributed by atoms with E-state index in [4.69, 9.17) is 9.47 Å². The minimum Gasteiger partial charge on any atom is -0.466 e. The fourth-order valence-electron chi connectivity index (χ4n) is 4.36. The van der Waals surface area contributed by atoms with Gasteiger partial charge in [-0.2, -0.15) is 0 Å². The van der Waals surface area contributed by atoms with Crippen molar-refractivity contribution in [3.63, 3.8) is 0 Å². The fourth-order valence-corrected chi connectivity index (χ4v) is 4.36. The second kappa shape index (κ2) is 10.6. The number of hydrogen-bond acceptors (Lipinski definition) is 6. The number of nitrogens with zero attached hydrogens (tertiary/aromatic N) is 2. The van der Waals surface area contributed by atoms with Gasteiger partial charge in [-0.05, 0) is 51.2 Å². The summed E-state index contributed by atoms with van der Waals surface area (Å²) >= 11 is 0. The van der Waals surface area contributed by atoms with Crippen molar-refractivity contribution >= 4 is 17.3 Å². The molecule has 0 radical (unpaired) electrons. The van der Waals surface area contributed by atoms with E-state index in [1.54, 1.807) is 13.0 Å². The van der Waals surface area contributed by atoms with Crippen LogP contribution in [0.3, 0.4) is 0 Å². The molecule has 7 heteroatoms. The van der Waals surface area contributed by atoms with Crippen LogP contribution in [0.1, 0.15) is 65.4 Å². The molecule has 0 aromatic heterocycles. The molecule has 1 fully saturated rings. The maximum Gasteiger partial charge on any atom is 0.306 e. The molecule has 0 amide bonds. The number of nitro benzene ring substituents is 1. The van der Waals surface area contributed by atoms with Crippen LogP contribution in [0.25, 0.3) is 0 Å². The first kappa shape index (κ1) is 23.1. The molecular weight excluding hydrogens is 372 g/mol. The zero-order chi connectivity index (χ0) is 21.4. The monoisotopic (exact) mass is 406 g/mol. The molecule has 1 aromatic carbocycles. The maximum atomic E-state index is 12.2. The summed E-state index contributed by atoms with van der Waals surface area (Å²) in [4.78, 5) is 26.0. The Morgan fingerprint density at radius 1 is 1.24 bits per heavy atom. The number of ether oxygens (including phenoxy) is 2. The third-order valence-electron chi connectivity index (χ3n) is 6.21. The third kappa shape index (κ3) is 5.26. The van der Waals surface area contributed by atoms with Crippen molar-refractivity contribution in [2.75, 3.05) is 31.3 Å². The molecule has 0 bridgehead atoms. The van der Waals surface area contributed by atoms with E-state index in [-0.39, 0.29) is 29.0 Å². The molecule has 0 aliphatic carbocycles. The lowest BCUT2D eigenvalue weighted by molar-refractivity contribution is -0.384. The van der Waals surface area contributed by atoms with Gasteiger partial charge in [0, 0.05) is 37.3 Å². The number of nitro groups is 1. The van der Waals surface area contributed by atoms with Gasteiger partial charge in [0.2, 0.25) is 0 Å². The molecule has 162 valence electrons. The molecule has 0 N–H and O–H groups in total. The average Bonchev–Trinajstić information content (AvgIpc) is 2.73. The Labute approximate surface area is 173 Å². The zero-order valence-corrected chi connectivity index (χ0v) is 18.1. The summed E-state index contributed by atoms with van der Waals surface area (Å²) in [5.74, 6) is -0.264. The third-order valence-corrected chi connectivity index (χ3v) is 6.21. The number of carbonyl (C=O) groups excluding carboxylic acids is 1. The first-order chi connectivity index (χ1) is 13.9. The molecule has 0 saturated carbocycles. The highest BCUT2D eigenvalue weighted by molar-refractivity contribution is 5.72. The predicted octanol–water partition coefficient (Wildman–Crippen LogP) is 4.61. The second-order valence-corrected chi connectivity index (χ2v) is 7.56. The molecule has 29 heavy (non-hydrogen) atoms. The number of carbonyl (C=O) groups is 1. The van der Waals surface area contributed by atoms with E-state index in [9.17, 15) is 14.9 Å². The average molecular weight is 407 g/mol. The van der Waals surface area contributed by atoms with Crippen molar-refractivity contribution in [2.45, 2.75) is 71.3 Å². The maximum absolute atomic E-state index is 12.2. The molecule has 0 unspecified atom stereocenters. The molecule has 1 aliphatic heterocycles. The molecule has 1 aliphatic rings. The van der Waals surface area contributed by atoms with Gasteiger partial charge >= 0.3 is 5.97 Å². The standard InChI is InChI=1S/C22H34N2O5/c1-5-22(6-2,16-21(25)29-8-4)17-9-10-19(20(15-17)24(26)27)23(7-3)18-11-13-28-14-12-18/h9-10,15,18H,5-8,11-14,16H2,1-4H3. The lowest BCUT2D eigenvalue weighted by Gasteiger charge is -2.36. The summed E-state index contributed by atoms with van der Waals surface area (Å²) < 4.78 is 10.6. The zero-order valence-electron chi connectivity index (χ0n) is 18.1. The Balaban J connectivity index is 2.45. The number of hydrogen-bond donors (Lipinski definition) is 0. The highest BCUT2D eigenvalue weighted by Crippen LogP contribution is 2.41. The van der Waals surface area contributed by atoms with Crippen molar-refractivity contribution in [2.24, 2.45) is 0 Å². The van der Waals surface area contributed by atoms with Crippen LogP contribution in [0.5, 0.6) is 0 Å². The minimum absolute atomic E-state index is 0.103. The van der Waals surface area contributed by atoms with Crippen molar-refractivity contribution in [3.8, 4) is 0 Å². The van der Waals surface area contributed by atoms with Crippen molar-refractivity contribution in [1.29, 1.82) is 0 Å². The summed E-state index contributed by atoms with van der Waals surface area (Å²) in [6, 6.07) is 5.72. The van der Waals surface area contributed by atoms with Crippen molar-refractivity contribution in [3.05, 3.63) is 33.9 Å². The Hall–Kier alpha value is -2.15. The first-order valence-electron chi connectivity index (χ1n) is 10.7.